The Balaban J connectivity index is 2.81. The van der Waals surface area contributed by atoms with Crippen molar-refractivity contribution < 1.29 is 0 Å². The van der Waals surface area contributed by atoms with Crippen LogP contribution in [0.15, 0.2) is 24.3 Å². The highest BCUT2D eigenvalue weighted by molar-refractivity contribution is 6.13. The van der Waals surface area contributed by atoms with Crippen LogP contribution in [0.3, 0.4) is 0 Å². The van der Waals surface area contributed by atoms with Crippen LogP contribution in [0.25, 0.3) is 0 Å². The molecule has 0 saturated carbocycles. The summed E-state index contributed by atoms with van der Waals surface area (Å²) in [6, 6.07) is 8.46. The summed E-state index contributed by atoms with van der Waals surface area (Å²) in [6.07, 6.45) is 0. The lowest BCUT2D eigenvalue weighted by Crippen LogP contribution is -1.99. The summed E-state index contributed by atoms with van der Waals surface area (Å²) in [5, 5.41) is 0. The number of benzene rings is 1. The van der Waals surface area contributed by atoms with E-state index in [-0.39, 0.29) is 0 Å². The van der Waals surface area contributed by atoms with E-state index in [1.165, 1.54) is 11.1 Å². The fraction of sp³-hybridized carbons (Fsp3) is 0.400. The van der Waals surface area contributed by atoms with Crippen LogP contribution in [0.5, 0.6) is 0 Å². The van der Waals surface area contributed by atoms with Crippen molar-refractivity contribution >= 4 is 11.8 Å². The maximum absolute atomic E-state index is 5.42. The van der Waals surface area contributed by atoms with Crippen molar-refractivity contribution in [2.75, 3.05) is 0 Å². The van der Waals surface area contributed by atoms with Crippen LogP contribution in [-0.4, -0.2) is 0 Å². The van der Waals surface area contributed by atoms with Crippen molar-refractivity contribution in [1.82, 2.24) is 4.84 Å². The minimum Gasteiger partial charge on any atom is -0.229 e. The quantitative estimate of drug-likeness (QED) is 0.711. The van der Waals surface area contributed by atoms with Crippen molar-refractivity contribution in [3.63, 3.8) is 0 Å². The Hall–Kier alpha value is -0.530. The van der Waals surface area contributed by atoms with Gasteiger partial charge in [-0.15, -0.1) is 0 Å². The average Bonchev–Trinajstić information content (AvgIpc) is 2.05. The molecule has 0 heterocycles. The van der Waals surface area contributed by atoms with Crippen LogP contribution in [0.2, 0.25) is 0 Å². The third kappa shape index (κ3) is 2.50. The molecule has 0 radical (unpaired) electrons. The lowest BCUT2D eigenvalue weighted by molar-refractivity contribution is 0.857. The highest BCUT2D eigenvalue weighted by Gasteiger charge is 1.98. The van der Waals surface area contributed by atoms with E-state index < -0.39 is 0 Å². The van der Waals surface area contributed by atoms with E-state index in [1.54, 1.807) is 0 Å². The second-order valence-corrected chi connectivity index (χ2v) is 3.48. The van der Waals surface area contributed by atoms with Gasteiger partial charge in [0.2, 0.25) is 0 Å². The zero-order chi connectivity index (χ0) is 8.97. The van der Waals surface area contributed by atoms with E-state index in [0.717, 1.165) is 6.54 Å². The third-order valence-electron chi connectivity index (χ3n) is 1.89. The summed E-state index contributed by atoms with van der Waals surface area (Å²) in [4.78, 5) is 2.62. The monoisotopic (exact) mass is 183 g/mol. The molecule has 2 heteroatoms. The topological polar surface area (TPSA) is 12.0 Å². The number of rotatable bonds is 3. The van der Waals surface area contributed by atoms with Crippen LogP contribution >= 0.6 is 11.8 Å². The molecule has 66 valence electrons. The van der Waals surface area contributed by atoms with Gasteiger partial charge in [-0.3, -0.25) is 0 Å². The smallest absolute Gasteiger partial charge is 0.0359 e. The Bertz CT molecular complexity index is 245. The summed E-state index contributed by atoms with van der Waals surface area (Å²) in [6.45, 7) is 5.10. The summed E-state index contributed by atoms with van der Waals surface area (Å²) < 4.78 is 0. The second kappa shape index (κ2) is 4.48. The van der Waals surface area contributed by atoms with E-state index in [2.05, 4.69) is 42.9 Å². The predicted molar refractivity (Wildman–Crippen MR) is 53.2 cm³/mol. The molecule has 0 unspecified atom stereocenters. The molecule has 12 heavy (non-hydrogen) atoms. The Morgan fingerprint density at radius 2 is 2.17 bits per heavy atom. The molecular weight excluding hydrogens is 170 g/mol. The van der Waals surface area contributed by atoms with Crippen molar-refractivity contribution in [1.29, 1.82) is 0 Å². The average molecular weight is 184 g/mol. The lowest BCUT2D eigenvalue weighted by atomic mass is 10.0. The van der Waals surface area contributed by atoms with Gasteiger partial charge in [0.15, 0.2) is 0 Å². The summed E-state index contributed by atoms with van der Waals surface area (Å²) in [7, 11) is 0. The first-order chi connectivity index (χ1) is 5.74. The molecule has 1 aromatic rings. The van der Waals surface area contributed by atoms with Gasteiger partial charge in [-0.05, 0) is 28.8 Å². The highest BCUT2D eigenvalue weighted by Crippen LogP contribution is 2.15. The van der Waals surface area contributed by atoms with Gasteiger partial charge in [-0.25, -0.2) is 4.84 Å². The van der Waals surface area contributed by atoms with Crippen LogP contribution in [0.4, 0.5) is 0 Å². The van der Waals surface area contributed by atoms with Crippen LogP contribution in [0.1, 0.15) is 30.9 Å². The number of hydrogen-bond donors (Lipinski definition) is 1. The number of nitrogens with one attached hydrogen (secondary N) is 1. The number of hydrogen-bond acceptors (Lipinski definition) is 1. The van der Waals surface area contributed by atoms with Gasteiger partial charge >= 0.3 is 0 Å². The van der Waals surface area contributed by atoms with Crippen molar-refractivity contribution in [2.24, 2.45) is 0 Å². The molecule has 0 bridgehead atoms. The van der Waals surface area contributed by atoms with E-state index in [1.807, 2.05) is 0 Å². The predicted octanol–water partition coefficient (Wildman–Crippen LogP) is 3.05. The molecule has 0 aliphatic rings. The molecule has 0 aliphatic carbocycles. The maximum atomic E-state index is 5.42. The molecule has 0 spiro atoms. The molecule has 0 atom stereocenters. The van der Waals surface area contributed by atoms with Crippen molar-refractivity contribution in [2.45, 2.75) is 26.3 Å². The Kier molecular flexibility index (Phi) is 3.57. The molecule has 1 N–H and O–H groups in total. The van der Waals surface area contributed by atoms with Gasteiger partial charge < -0.3 is 0 Å². The van der Waals surface area contributed by atoms with E-state index in [0.29, 0.717) is 5.92 Å². The molecule has 0 saturated heterocycles. The fourth-order valence-corrected chi connectivity index (χ4v) is 1.29. The standard InChI is InChI=1S/C10H14ClN/c1-8(2)10-5-3-4-9(6-10)7-12-11/h3-6,8,12H,7H2,1-2H3. The number of halogens is 1. The fourth-order valence-electron chi connectivity index (χ4n) is 1.14. The van der Waals surface area contributed by atoms with Gasteiger partial charge in [0.25, 0.3) is 0 Å². The van der Waals surface area contributed by atoms with E-state index in [9.17, 15) is 0 Å². The summed E-state index contributed by atoms with van der Waals surface area (Å²) in [5.41, 5.74) is 2.59. The first-order valence-corrected chi connectivity index (χ1v) is 4.54. The first kappa shape index (κ1) is 9.56. The molecular formula is C10H14ClN. The molecule has 0 amide bonds. The normalized spacial score (nSPS) is 10.7. The van der Waals surface area contributed by atoms with Gasteiger partial charge in [0, 0.05) is 6.54 Å². The van der Waals surface area contributed by atoms with E-state index >= 15 is 0 Å². The minimum absolute atomic E-state index is 0.584. The zero-order valence-electron chi connectivity index (χ0n) is 7.47. The molecule has 1 aromatic carbocycles. The molecule has 0 aromatic heterocycles. The van der Waals surface area contributed by atoms with Crippen LogP contribution < -0.4 is 4.84 Å². The highest BCUT2D eigenvalue weighted by atomic mass is 35.5. The molecule has 0 aliphatic heterocycles. The van der Waals surface area contributed by atoms with Crippen LogP contribution in [0, 0.1) is 0 Å². The van der Waals surface area contributed by atoms with Crippen LogP contribution in [-0.2, 0) is 6.54 Å². The SMILES string of the molecule is CC(C)c1cccc(CNCl)c1. The van der Waals surface area contributed by atoms with E-state index in [4.69, 9.17) is 11.8 Å². The Morgan fingerprint density at radius 3 is 2.75 bits per heavy atom. The molecule has 0 fully saturated rings. The summed E-state index contributed by atoms with van der Waals surface area (Å²) in [5.74, 6) is 0.584. The van der Waals surface area contributed by atoms with Gasteiger partial charge in [0.05, 0.1) is 0 Å². The van der Waals surface area contributed by atoms with Gasteiger partial charge in [-0.2, -0.15) is 0 Å². The van der Waals surface area contributed by atoms with Crippen molar-refractivity contribution in [3.05, 3.63) is 35.4 Å². The Morgan fingerprint density at radius 1 is 1.42 bits per heavy atom. The van der Waals surface area contributed by atoms with Gasteiger partial charge in [-0.1, -0.05) is 38.1 Å². The van der Waals surface area contributed by atoms with Crippen molar-refractivity contribution in [3.8, 4) is 0 Å². The lowest BCUT2D eigenvalue weighted by Gasteiger charge is -2.06. The summed E-state index contributed by atoms with van der Waals surface area (Å²) >= 11 is 5.42. The van der Waals surface area contributed by atoms with Gasteiger partial charge in [0.1, 0.15) is 0 Å². The largest absolute Gasteiger partial charge is 0.229 e. The zero-order valence-corrected chi connectivity index (χ0v) is 8.23. The minimum atomic E-state index is 0.584. The second-order valence-electron chi connectivity index (χ2n) is 3.21. The maximum Gasteiger partial charge on any atom is 0.0359 e. The molecule has 1 rings (SSSR count). The molecule has 1 nitrogen and oxygen atoms in total. The Labute approximate surface area is 78.9 Å². The third-order valence-corrected chi connectivity index (χ3v) is 2.02. The first-order valence-electron chi connectivity index (χ1n) is 4.16.